The molecule has 4 heteroatoms. The third-order valence-electron chi connectivity index (χ3n) is 3.60. The molecule has 1 amide bonds. The monoisotopic (exact) mass is 261 g/mol. The van der Waals surface area contributed by atoms with Crippen LogP contribution in [0, 0.1) is 5.92 Å². The molecule has 0 fully saturated rings. The third kappa shape index (κ3) is 3.33. The Kier molecular flexibility index (Phi) is 4.56. The molecule has 1 aliphatic rings. The van der Waals surface area contributed by atoms with Gasteiger partial charge in [-0.15, -0.1) is 0 Å². The van der Waals surface area contributed by atoms with Gasteiger partial charge in [0.2, 0.25) is 5.91 Å². The fraction of sp³-hybridized carbons (Fsp3) is 0.533. The van der Waals surface area contributed by atoms with E-state index in [4.69, 9.17) is 5.73 Å². The lowest BCUT2D eigenvalue weighted by atomic mass is 10.1. The molecule has 1 aromatic carbocycles. The fourth-order valence-electron chi connectivity index (χ4n) is 2.50. The Bertz CT molecular complexity index is 445. The van der Waals surface area contributed by atoms with Crippen LogP contribution < -0.4 is 16.4 Å². The number of carbonyl (C=O) groups excluding carboxylic acids is 1. The van der Waals surface area contributed by atoms with Crippen molar-refractivity contribution in [3.63, 3.8) is 0 Å². The molecule has 0 heterocycles. The molecule has 2 rings (SSSR count). The first-order valence-corrected chi connectivity index (χ1v) is 6.95. The minimum Gasteiger partial charge on any atom is -0.355 e. The van der Waals surface area contributed by atoms with Crippen LogP contribution in [0.3, 0.4) is 0 Å². The van der Waals surface area contributed by atoms with Crippen molar-refractivity contribution in [3.05, 3.63) is 35.4 Å². The predicted octanol–water partition coefficient (Wildman–Crippen LogP) is 1.49. The van der Waals surface area contributed by atoms with Crippen molar-refractivity contribution in [2.24, 2.45) is 11.7 Å². The van der Waals surface area contributed by atoms with E-state index in [1.807, 2.05) is 26.0 Å². The molecule has 0 bridgehead atoms. The van der Waals surface area contributed by atoms with E-state index in [0.717, 1.165) is 13.0 Å². The second-order valence-electron chi connectivity index (χ2n) is 5.42. The number of benzene rings is 1. The SMILES string of the molecule is CC(C)C(=O)NCCNC1CC(N)c2ccccc21. The van der Waals surface area contributed by atoms with Gasteiger partial charge in [-0.25, -0.2) is 0 Å². The van der Waals surface area contributed by atoms with Gasteiger partial charge in [-0.1, -0.05) is 38.1 Å². The molecule has 0 saturated carbocycles. The van der Waals surface area contributed by atoms with Crippen LogP contribution in [0.1, 0.15) is 43.5 Å². The number of hydrogen-bond acceptors (Lipinski definition) is 3. The first-order chi connectivity index (χ1) is 9.09. The predicted molar refractivity (Wildman–Crippen MR) is 76.6 cm³/mol. The van der Waals surface area contributed by atoms with E-state index in [0.29, 0.717) is 12.6 Å². The summed E-state index contributed by atoms with van der Waals surface area (Å²) < 4.78 is 0. The van der Waals surface area contributed by atoms with Crippen molar-refractivity contribution in [1.82, 2.24) is 10.6 Å². The zero-order valence-electron chi connectivity index (χ0n) is 11.6. The molecule has 1 aliphatic carbocycles. The quantitative estimate of drug-likeness (QED) is 0.704. The van der Waals surface area contributed by atoms with E-state index < -0.39 is 0 Å². The second kappa shape index (κ2) is 6.17. The van der Waals surface area contributed by atoms with Crippen molar-refractivity contribution in [1.29, 1.82) is 0 Å². The summed E-state index contributed by atoms with van der Waals surface area (Å²) in [7, 11) is 0. The fourth-order valence-corrected chi connectivity index (χ4v) is 2.50. The van der Waals surface area contributed by atoms with Crippen molar-refractivity contribution >= 4 is 5.91 Å². The molecule has 104 valence electrons. The Morgan fingerprint density at radius 2 is 2.00 bits per heavy atom. The highest BCUT2D eigenvalue weighted by atomic mass is 16.1. The summed E-state index contributed by atoms with van der Waals surface area (Å²) in [5.41, 5.74) is 8.66. The average molecular weight is 261 g/mol. The summed E-state index contributed by atoms with van der Waals surface area (Å²) in [5.74, 6) is 0.144. The molecule has 1 aromatic rings. The van der Waals surface area contributed by atoms with Gasteiger partial charge in [-0.05, 0) is 17.5 Å². The summed E-state index contributed by atoms with van der Waals surface area (Å²) in [6.07, 6.45) is 0.928. The number of rotatable bonds is 5. The van der Waals surface area contributed by atoms with Crippen LogP contribution in [0.5, 0.6) is 0 Å². The molecule has 2 atom stereocenters. The van der Waals surface area contributed by atoms with Crippen LogP contribution >= 0.6 is 0 Å². The second-order valence-corrected chi connectivity index (χ2v) is 5.42. The molecule has 4 N–H and O–H groups in total. The Hall–Kier alpha value is -1.39. The van der Waals surface area contributed by atoms with E-state index in [1.165, 1.54) is 11.1 Å². The zero-order valence-corrected chi connectivity index (χ0v) is 11.6. The van der Waals surface area contributed by atoms with Crippen LogP contribution in [0.4, 0.5) is 0 Å². The zero-order chi connectivity index (χ0) is 13.8. The van der Waals surface area contributed by atoms with Gasteiger partial charge in [0.25, 0.3) is 0 Å². The summed E-state index contributed by atoms with van der Waals surface area (Å²) in [5, 5.41) is 6.38. The Labute approximate surface area is 114 Å². The van der Waals surface area contributed by atoms with Crippen LogP contribution in [0.15, 0.2) is 24.3 Å². The average Bonchev–Trinajstić information content (AvgIpc) is 2.72. The highest BCUT2D eigenvalue weighted by Gasteiger charge is 2.27. The molecule has 4 nitrogen and oxygen atoms in total. The van der Waals surface area contributed by atoms with Gasteiger partial charge in [0.05, 0.1) is 0 Å². The summed E-state index contributed by atoms with van der Waals surface area (Å²) in [6.45, 7) is 5.22. The molecule has 2 unspecified atom stereocenters. The Morgan fingerprint density at radius 3 is 2.68 bits per heavy atom. The maximum Gasteiger partial charge on any atom is 0.222 e. The first kappa shape index (κ1) is 14.0. The maximum absolute atomic E-state index is 11.4. The van der Waals surface area contributed by atoms with Crippen LogP contribution in [-0.2, 0) is 4.79 Å². The standard InChI is InChI=1S/C15H23N3O/c1-10(2)15(19)18-8-7-17-14-9-13(16)11-5-3-4-6-12(11)14/h3-6,10,13-14,17H,7-9,16H2,1-2H3,(H,18,19). The number of nitrogens with one attached hydrogen (secondary N) is 2. The highest BCUT2D eigenvalue weighted by molar-refractivity contribution is 5.77. The van der Waals surface area contributed by atoms with Crippen molar-refractivity contribution in [2.75, 3.05) is 13.1 Å². The van der Waals surface area contributed by atoms with E-state index in [-0.39, 0.29) is 17.9 Å². The summed E-state index contributed by atoms with van der Waals surface area (Å²) >= 11 is 0. The highest BCUT2D eigenvalue weighted by Crippen LogP contribution is 2.36. The lowest BCUT2D eigenvalue weighted by Gasteiger charge is -2.15. The Morgan fingerprint density at radius 1 is 1.32 bits per heavy atom. The lowest BCUT2D eigenvalue weighted by molar-refractivity contribution is -0.123. The number of nitrogens with two attached hydrogens (primary N) is 1. The number of carbonyl (C=O) groups is 1. The molecule has 0 aromatic heterocycles. The van der Waals surface area contributed by atoms with Gasteiger partial charge in [-0.3, -0.25) is 4.79 Å². The minimum atomic E-state index is 0.0422. The van der Waals surface area contributed by atoms with Gasteiger partial charge < -0.3 is 16.4 Å². The molecular weight excluding hydrogens is 238 g/mol. The molecule has 0 radical (unpaired) electrons. The first-order valence-electron chi connectivity index (χ1n) is 6.95. The van der Waals surface area contributed by atoms with Crippen LogP contribution in [-0.4, -0.2) is 19.0 Å². The molecule has 0 saturated heterocycles. The largest absolute Gasteiger partial charge is 0.355 e. The molecular formula is C15H23N3O. The lowest BCUT2D eigenvalue weighted by Crippen LogP contribution is -2.35. The van der Waals surface area contributed by atoms with Crippen molar-refractivity contribution in [2.45, 2.75) is 32.4 Å². The van der Waals surface area contributed by atoms with Gasteiger partial charge in [0, 0.05) is 31.1 Å². The summed E-state index contributed by atoms with van der Waals surface area (Å²) in [6, 6.07) is 8.74. The van der Waals surface area contributed by atoms with Crippen LogP contribution in [0.2, 0.25) is 0 Å². The minimum absolute atomic E-state index is 0.0422. The maximum atomic E-state index is 11.4. The van der Waals surface area contributed by atoms with Crippen molar-refractivity contribution in [3.8, 4) is 0 Å². The normalized spacial score (nSPS) is 21.5. The Balaban J connectivity index is 1.81. The van der Waals surface area contributed by atoms with E-state index in [1.54, 1.807) is 0 Å². The number of fused-ring (bicyclic) bond motifs is 1. The molecule has 19 heavy (non-hydrogen) atoms. The third-order valence-corrected chi connectivity index (χ3v) is 3.60. The smallest absolute Gasteiger partial charge is 0.222 e. The van der Waals surface area contributed by atoms with Gasteiger partial charge in [-0.2, -0.15) is 0 Å². The van der Waals surface area contributed by atoms with Gasteiger partial charge >= 0.3 is 0 Å². The van der Waals surface area contributed by atoms with Crippen molar-refractivity contribution < 1.29 is 4.79 Å². The van der Waals surface area contributed by atoms with E-state index >= 15 is 0 Å². The van der Waals surface area contributed by atoms with E-state index in [9.17, 15) is 4.79 Å². The van der Waals surface area contributed by atoms with E-state index in [2.05, 4.69) is 22.8 Å². The summed E-state index contributed by atoms with van der Waals surface area (Å²) in [4.78, 5) is 11.4. The number of amides is 1. The molecule has 0 spiro atoms. The van der Waals surface area contributed by atoms with Crippen LogP contribution in [0.25, 0.3) is 0 Å². The number of hydrogen-bond donors (Lipinski definition) is 3. The van der Waals surface area contributed by atoms with Gasteiger partial charge in [0.15, 0.2) is 0 Å². The van der Waals surface area contributed by atoms with Gasteiger partial charge in [0.1, 0.15) is 0 Å². The molecule has 0 aliphatic heterocycles. The topological polar surface area (TPSA) is 67.2 Å².